The Bertz CT molecular complexity index is 1210. The Hall–Kier alpha value is -1.71. The topological polar surface area (TPSA) is 81.8 Å². The van der Waals surface area contributed by atoms with Crippen molar-refractivity contribution in [2.24, 2.45) is 5.92 Å². The maximum absolute atomic E-state index is 12.7. The Balaban J connectivity index is 1.41. The van der Waals surface area contributed by atoms with Gasteiger partial charge in [0.2, 0.25) is 0 Å². The predicted octanol–water partition coefficient (Wildman–Crippen LogP) is 5.07. The van der Waals surface area contributed by atoms with Gasteiger partial charge in [0.25, 0.3) is 11.3 Å². The molecule has 5 rings (SSSR count). The quantitative estimate of drug-likeness (QED) is 0.480. The standard InChI is InChI=1S/C27H35ClN2O5S/c1-15-10-22(36-5)19(25(31)30-15)12-29-27(13-33-14-27)20-11-21(28)24-23(16(20)2)34-26(3,35-24)17-6-8-18(32-4)9-7-17/h10-11,17-18,29H,6-9,12-14H2,1-5H3,(H,30,31). The Morgan fingerprint density at radius 2 is 1.86 bits per heavy atom. The van der Waals surface area contributed by atoms with Crippen molar-refractivity contribution >= 4 is 23.4 Å². The van der Waals surface area contributed by atoms with Crippen LogP contribution in [0.15, 0.2) is 21.8 Å². The van der Waals surface area contributed by atoms with Crippen molar-refractivity contribution in [2.45, 2.75) is 75.3 Å². The van der Waals surface area contributed by atoms with Crippen LogP contribution in [0.1, 0.15) is 55.0 Å². The Morgan fingerprint density at radius 1 is 1.17 bits per heavy atom. The van der Waals surface area contributed by atoms with E-state index in [0.717, 1.165) is 53.0 Å². The highest BCUT2D eigenvalue weighted by molar-refractivity contribution is 7.98. The van der Waals surface area contributed by atoms with Crippen LogP contribution in [0.4, 0.5) is 0 Å². The molecule has 2 fully saturated rings. The van der Waals surface area contributed by atoms with E-state index in [1.54, 1.807) is 18.9 Å². The van der Waals surface area contributed by atoms with Crippen molar-refractivity contribution in [1.82, 2.24) is 10.3 Å². The molecule has 36 heavy (non-hydrogen) atoms. The third-order valence-electron chi connectivity index (χ3n) is 8.06. The number of hydrogen-bond acceptors (Lipinski definition) is 7. The lowest BCUT2D eigenvalue weighted by molar-refractivity contribution is -0.128. The summed E-state index contributed by atoms with van der Waals surface area (Å²) in [7, 11) is 1.78. The molecule has 1 saturated heterocycles. The molecule has 7 nitrogen and oxygen atoms in total. The molecule has 2 aromatic rings. The summed E-state index contributed by atoms with van der Waals surface area (Å²) in [5.41, 5.74) is 3.05. The fourth-order valence-corrected chi connectivity index (χ4v) is 6.72. The first-order chi connectivity index (χ1) is 17.2. The van der Waals surface area contributed by atoms with Gasteiger partial charge in [-0.25, -0.2) is 0 Å². The second kappa shape index (κ2) is 9.87. The predicted molar refractivity (Wildman–Crippen MR) is 142 cm³/mol. The van der Waals surface area contributed by atoms with E-state index in [1.807, 2.05) is 32.2 Å². The zero-order valence-electron chi connectivity index (χ0n) is 21.6. The van der Waals surface area contributed by atoms with E-state index in [2.05, 4.69) is 17.2 Å². The molecule has 2 N–H and O–H groups in total. The summed E-state index contributed by atoms with van der Waals surface area (Å²) < 4.78 is 24.2. The first-order valence-corrected chi connectivity index (χ1v) is 14.1. The third-order valence-corrected chi connectivity index (χ3v) is 9.15. The lowest BCUT2D eigenvalue weighted by atomic mass is 9.82. The first-order valence-electron chi connectivity index (χ1n) is 12.5. The molecular formula is C27H35ClN2O5S. The number of rotatable bonds is 7. The summed E-state index contributed by atoms with van der Waals surface area (Å²) in [6, 6.07) is 3.98. The van der Waals surface area contributed by atoms with E-state index in [4.69, 9.17) is 30.5 Å². The molecule has 3 heterocycles. The second-order valence-corrected chi connectivity index (χ2v) is 11.6. The van der Waals surface area contributed by atoms with Crippen LogP contribution in [0.5, 0.6) is 11.5 Å². The number of methoxy groups -OCH3 is 1. The lowest BCUT2D eigenvalue weighted by Gasteiger charge is -2.44. The highest BCUT2D eigenvalue weighted by Crippen LogP contribution is 2.53. The molecule has 0 amide bonds. The van der Waals surface area contributed by atoms with Gasteiger partial charge in [0, 0.05) is 48.2 Å². The van der Waals surface area contributed by atoms with Crippen molar-refractivity contribution in [3.05, 3.63) is 49.9 Å². The minimum absolute atomic E-state index is 0.0679. The van der Waals surface area contributed by atoms with Crippen LogP contribution in [0.3, 0.4) is 0 Å². The monoisotopic (exact) mass is 534 g/mol. The molecule has 1 atom stereocenters. The van der Waals surface area contributed by atoms with Gasteiger partial charge in [0.05, 0.1) is 29.9 Å². The summed E-state index contributed by atoms with van der Waals surface area (Å²) in [6.45, 7) is 7.36. The number of benzene rings is 1. The Labute approximate surface area is 221 Å². The van der Waals surface area contributed by atoms with E-state index < -0.39 is 11.3 Å². The van der Waals surface area contributed by atoms with Gasteiger partial charge in [-0.2, -0.15) is 0 Å². The van der Waals surface area contributed by atoms with Crippen molar-refractivity contribution < 1.29 is 18.9 Å². The molecule has 1 saturated carbocycles. The van der Waals surface area contributed by atoms with Gasteiger partial charge in [-0.15, -0.1) is 11.8 Å². The van der Waals surface area contributed by atoms with Crippen LogP contribution < -0.4 is 20.3 Å². The highest BCUT2D eigenvalue weighted by Gasteiger charge is 2.49. The van der Waals surface area contributed by atoms with Gasteiger partial charge in [-0.1, -0.05) is 11.6 Å². The van der Waals surface area contributed by atoms with Gasteiger partial charge in [-0.05, 0) is 63.5 Å². The molecule has 1 aromatic heterocycles. The highest BCUT2D eigenvalue weighted by atomic mass is 35.5. The van der Waals surface area contributed by atoms with Gasteiger partial charge in [0.15, 0.2) is 11.5 Å². The molecule has 0 radical (unpaired) electrons. The van der Waals surface area contributed by atoms with Crippen LogP contribution in [0, 0.1) is 19.8 Å². The summed E-state index contributed by atoms with van der Waals surface area (Å²) in [4.78, 5) is 16.6. The Morgan fingerprint density at radius 3 is 2.47 bits per heavy atom. The van der Waals surface area contributed by atoms with E-state index in [9.17, 15) is 4.79 Å². The zero-order chi connectivity index (χ0) is 25.7. The van der Waals surface area contributed by atoms with E-state index >= 15 is 0 Å². The number of nitrogens with one attached hydrogen (secondary N) is 2. The van der Waals surface area contributed by atoms with Crippen LogP contribution in [0.2, 0.25) is 5.02 Å². The van der Waals surface area contributed by atoms with Crippen molar-refractivity contribution in [1.29, 1.82) is 0 Å². The molecule has 3 aliphatic rings. The number of hydrogen-bond donors (Lipinski definition) is 2. The summed E-state index contributed by atoms with van der Waals surface area (Å²) >= 11 is 8.38. The molecule has 0 spiro atoms. The number of H-pyrrole nitrogens is 1. The smallest absolute Gasteiger partial charge is 0.253 e. The van der Waals surface area contributed by atoms with Gasteiger partial charge < -0.3 is 23.9 Å². The molecule has 2 aliphatic heterocycles. The average molecular weight is 535 g/mol. The number of aromatic amines is 1. The van der Waals surface area contributed by atoms with Crippen LogP contribution >= 0.6 is 23.4 Å². The number of thioether (sulfide) groups is 1. The average Bonchev–Trinajstić information content (AvgIpc) is 3.21. The van der Waals surface area contributed by atoms with Crippen molar-refractivity contribution in [3.63, 3.8) is 0 Å². The second-order valence-electron chi connectivity index (χ2n) is 10.4. The lowest BCUT2D eigenvalue weighted by Crippen LogP contribution is -2.57. The van der Waals surface area contributed by atoms with Crippen molar-refractivity contribution in [2.75, 3.05) is 26.6 Å². The fourth-order valence-electron chi connectivity index (χ4n) is 5.78. The summed E-state index contributed by atoms with van der Waals surface area (Å²) in [5, 5.41) is 4.16. The molecule has 1 unspecified atom stereocenters. The largest absolute Gasteiger partial charge is 0.448 e. The van der Waals surface area contributed by atoms with E-state index in [-0.39, 0.29) is 11.5 Å². The number of pyridine rings is 1. The zero-order valence-corrected chi connectivity index (χ0v) is 23.2. The molecular weight excluding hydrogens is 500 g/mol. The molecule has 1 aliphatic carbocycles. The van der Waals surface area contributed by atoms with E-state index in [0.29, 0.717) is 42.4 Å². The minimum atomic E-state index is -0.757. The number of halogens is 1. The maximum atomic E-state index is 12.7. The Kier molecular flexibility index (Phi) is 7.11. The summed E-state index contributed by atoms with van der Waals surface area (Å²) in [5.74, 6) is 0.824. The molecule has 196 valence electrons. The molecule has 0 bridgehead atoms. The molecule has 9 heteroatoms. The number of aryl methyl sites for hydroxylation is 1. The van der Waals surface area contributed by atoms with Gasteiger partial charge >= 0.3 is 0 Å². The number of ether oxygens (including phenoxy) is 4. The normalized spacial score (nSPS) is 26.6. The minimum Gasteiger partial charge on any atom is -0.448 e. The van der Waals surface area contributed by atoms with Gasteiger partial charge in [0.1, 0.15) is 0 Å². The maximum Gasteiger partial charge on any atom is 0.253 e. The third kappa shape index (κ3) is 4.45. The first kappa shape index (κ1) is 25.9. The summed E-state index contributed by atoms with van der Waals surface area (Å²) in [6.07, 6.45) is 6.25. The van der Waals surface area contributed by atoms with Crippen LogP contribution in [-0.4, -0.2) is 43.5 Å². The number of fused-ring (bicyclic) bond motifs is 1. The van der Waals surface area contributed by atoms with E-state index in [1.165, 1.54) is 0 Å². The van der Waals surface area contributed by atoms with Gasteiger partial charge in [-0.3, -0.25) is 10.1 Å². The number of aromatic nitrogens is 1. The SMILES string of the molecule is COC1CCC(C2(C)Oc3c(Cl)cc(C4(NCc5c(SC)cc(C)[nH]c5=O)COC4)c(C)c3O2)CC1. The van der Waals surface area contributed by atoms with Crippen LogP contribution in [0.25, 0.3) is 0 Å². The van der Waals surface area contributed by atoms with Crippen LogP contribution in [-0.2, 0) is 21.6 Å². The fraction of sp³-hybridized carbons (Fsp3) is 0.593. The molecule has 1 aromatic carbocycles. The van der Waals surface area contributed by atoms with Crippen molar-refractivity contribution in [3.8, 4) is 11.5 Å².